The van der Waals surface area contributed by atoms with Crippen molar-refractivity contribution in [1.29, 1.82) is 0 Å². The maximum atomic E-state index is 5.98. The van der Waals surface area contributed by atoms with Crippen LogP contribution < -0.4 is 0 Å². The Bertz CT molecular complexity index is 469. The molecule has 0 bridgehead atoms. The summed E-state index contributed by atoms with van der Waals surface area (Å²) in [5.74, 6) is 0.770. The van der Waals surface area contributed by atoms with Crippen molar-refractivity contribution in [2.45, 2.75) is 33.2 Å². The minimum atomic E-state index is 0.770. The van der Waals surface area contributed by atoms with Gasteiger partial charge in [-0.25, -0.2) is 0 Å². The van der Waals surface area contributed by atoms with Crippen LogP contribution in [0.15, 0.2) is 30.5 Å². The van der Waals surface area contributed by atoms with E-state index in [0.717, 1.165) is 17.5 Å². The SMILES string of the molecule is CCC(CC)Cn1ccc2cc(Cl)ccc21. The summed E-state index contributed by atoms with van der Waals surface area (Å²) in [6.45, 7) is 5.63. The minimum absolute atomic E-state index is 0.770. The van der Waals surface area contributed by atoms with Gasteiger partial charge in [-0.2, -0.15) is 0 Å². The molecule has 2 aromatic rings. The van der Waals surface area contributed by atoms with Gasteiger partial charge in [0.25, 0.3) is 0 Å². The van der Waals surface area contributed by atoms with E-state index >= 15 is 0 Å². The number of hydrogen-bond acceptors (Lipinski definition) is 0. The topological polar surface area (TPSA) is 4.93 Å². The predicted octanol–water partition coefficient (Wildman–Crippen LogP) is 4.73. The average molecular weight is 236 g/mol. The molecule has 1 heterocycles. The fourth-order valence-corrected chi connectivity index (χ4v) is 2.34. The number of fused-ring (bicyclic) bond motifs is 1. The predicted molar refractivity (Wildman–Crippen MR) is 71.0 cm³/mol. The normalized spacial score (nSPS) is 11.5. The summed E-state index contributed by atoms with van der Waals surface area (Å²) in [7, 11) is 0. The second kappa shape index (κ2) is 4.92. The molecule has 0 spiro atoms. The van der Waals surface area contributed by atoms with E-state index in [1.54, 1.807) is 0 Å². The van der Waals surface area contributed by atoms with Crippen LogP contribution in [-0.4, -0.2) is 4.57 Å². The van der Waals surface area contributed by atoms with Gasteiger partial charge in [0.15, 0.2) is 0 Å². The van der Waals surface area contributed by atoms with E-state index < -0.39 is 0 Å². The van der Waals surface area contributed by atoms with Crippen molar-refractivity contribution in [3.05, 3.63) is 35.5 Å². The Balaban J connectivity index is 2.31. The maximum Gasteiger partial charge on any atom is 0.0481 e. The molecule has 0 aliphatic heterocycles. The molecule has 0 unspecified atom stereocenters. The van der Waals surface area contributed by atoms with Crippen LogP contribution in [0.2, 0.25) is 5.02 Å². The van der Waals surface area contributed by atoms with Crippen LogP contribution in [0.1, 0.15) is 26.7 Å². The van der Waals surface area contributed by atoms with E-state index in [1.807, 2.05) is 12.1 Å². The van der Waals surface area contributed by atoms with Crippen molar-refractivity contribution < 1.29 is 0 Å². The Hall–Kier alpha value is -0.950. The molecule has 0 N–H and O–H groups in total. The fraction of sp³-hybridized carbons (Fsp3) is 0.429. The molecule has 0 aliphatic carbocycles. The third kappa shape index (κ3) is 2.25. The van der Waals surface area contributed by atoms with E-state index in [4.69, 9.17) is 11.6 Å². The monoisotopic (exact) mass is 235 g/mol. The van der Waals surface area contributed by atoms with Gasteiger partial charge >= 0.3 is 0 Å². The van der Waals surface area contributed by atoms with Crippen LogP contribution in [0.5, 0.6) is 0 Å². The lowest BCUT2D eigenvalue weighted by atomic mass is 10.0. The molecule has 0 saturated carbocycles. The van der Waals surface area contributed by atoms with E-state index in [0.29, 0.717) is 0 Å². The van der Waals surface area contributed by atoms with Crippen LogP contribution in [0.25, 0.3) is 10.9 Å². The lowest BCUT2D eigenvalue weighted by Crippen LogP contribution is -2.07. The summed E-state index contributed by atoms with van der Waals surface area (Å²) in [6.07, 6.45) is 4.65. The number of aromatic nitrogens is 1. The van der Waals surface area contributed by atoms with E-state index in [2.05, 4.69) is 36.7 Å². The number of halogens is 1. The van der Waals surface area contributed by atoms with Crippen LogP contribution in [-0.2, 0) is 6.54 Å². The van der Waals surface area contributed by atoms with Crippen LogP contribution >= 0.6 is 11.6 Å². The van der Waals surface area contributed by atoms with Gasteiger partial charge in [-0.3, -0.25) is 0 Å². The highest BCUT2D eigenvalue weighted by Gasteiger charge is 2.07. The van der Waals surface area contributed by atoms with Gasteiger partial charge in [-0.05, 0) is 30.2 Å². The molecule has 0 fully saturated rings. The molecule has 1 aromatic heterocycles. The highest BCUT2D eigenvalue weighted by atomic mass is 35.5. The molecular weight excluding hydrogens is 218 g/mol. The maximum absolute atomic E-state index is 5.98. The first-order valence-electron chi connectivity index (χ1n) is 5.99. The van der Waals surface area contributed by atoms with Crippen molar-refractivity contribution in [2.24, 2.45) is 5.92 Å². The standard InChI is InChI=1S/C14H18ClN/c1-3-11(4-2)10-16-8-7-12-9-13(15)5-6-14(12)16/h5-9,11H,3-4,10H2,1-2H3. The molecule has 0 atom stereocenters. The molecule has 0 aliphatic rings. The second-order valence-electron chi connectivity index (χ2n) is 4.35. The molecular formula is C14H18ClN. The molecule has 0 radical (unpaired) electrons. The minimum Gasteiger partial charge on any atom is -0.347 e. The largest absolute Gasteiger partial charge is 0.347 e. The zero-order chi connectivity index (χ0) is 11.5. The first-order valence-corrected chi connectivity index (χ1v) is 6.36. The van der Waals surface area contributed by atoms with Crippen LogP contribution in [0.4, 0.5) is 0 Å². The van der Waals surface area contributed by atoms with Gasteiger partial charge in [0.2, 0.25) is 0 Å². The number of rotatable bonds is 4. The van der Waals surface area contributed by atoms with E-state index in [9.17, 15) is 0 Å². The van der Waals surface area contributed by atoms with Crippen LogP contribution in [0, 0.1) is 5.92 Å². The van der Waals surface area contributed by atoms with Crippen molar-refractivity contribution in [3.63, 3.8) is 0 Å². The van der Waals surface area contributed by atoms with E-state index in [-0.39, 0.29) is 0 Å². The van der Waals surface area contributed by atoms with Crippen molar-refractivity contribution in [1.82, 2.24) is 4.57 Å². The molecule has 1 nitrogen and oxygen atoms in total. The van der Waals surface area contributed by atoms with Gasteiger partial charge in [0, 0.05) is 28.7 Å². The third-order valence-electron chi connectivity index (χ3n) is 3.34. The third-order valence-corrected chi connectivity index (χ3v) is 3.58. The van der Waals surface area contributed by atoms with Crippen molar-refractivity contribution in [2.75, 3.05) is 0 Å². The van der Waals surface area contributed by atoms with Gasteiger partial charge in [-0.1, -0.05) is 38.3 Å². The first-order chi connectivity index (χ1) is 7.74. The Morgan fingerprint density at radius 2 is 1.94 bits per heavy atom. The van der Waals surface area contributed by atoms with Gasteiger partial charge < -0.3 is 4.57 Å². The summed E-state index contributed by atoms with van der Waals surface area (Å²) < 4.78 is 2.34. The number of nitrogens with zero attached hydrogens (tertiary/aromatic N) is 1. The quantitative estimate of drug-likeness (QED) is 0.722. The molecule has 16 heavy (non-hydrogen) atoms. The first kappa shape index (κ1) is 11.5. The van der Waals surface area contributed by atoms with Crippen molar-refractivity contribution >= 4 is 22.5 Å². The Morgan fingerprint density at radius 3 is 2.62 bits per heavy atom. The van der Waals surface area contributed by atoms with Gasteiger partial charge in [-0.15, -0.1) is 0 Å². The number of benzene rings is 1. The second-order valence-corrected chi connectivity index (χ2v) is 4.79. The summed E-state index contributed by atoms with van der Waals surface area (Å²) in [5, 5.41) is 2.05. The molecule has 1 aromatic carbocycles. The smallest absolute Gasteiger partial charge is 0.0481 e. The lowest BCUT2D eigenvalue weighted by molar-refractivity contribution is 0.425. The van der Waals surface area contributed by atoms with Gasteiger partial charge in [0.1, 0.15) is 0 Å². The number of hydrogen-bond donors (Lipinski definition) is 0. The average Bonchev–Trinajstić information content (AvgIpc) is 2.68. The zero-order valence-electron chi connectivity index (χ0n) is 9.91. The Labute approximate surface area is 102 Å². The summed E-state index contributed by atoms with van der Waals surface area (Å²) in [6, 6.07) is 8.25. The highest BCUT2D eigenvalue weighted by Crippen LogP contribution is 2.22. The molecule has 86 valence electrons. The fourth-order valence-electron chi connectivity index (χ4n) is 2.16. The summed E-state index contributed by atoms with van der Waals surface area (Å²) in [5.41, 5.74) is 1.29. The van der Waals surface area contributed by atoms with Crippen LogP contribution in [0.3, 0.4) is 0 Å². The Morgan fingerprint density at radius 1 is 1.19 bits per heavy atom. The Kier molecular flexibility index (Phi) is 3.55. The summed E-state index contributed by atoms with van der Waals surface area (Å²) in [4.78, 5) is 0. The van der Waals surface area contributed by atoms with Crippen molar-refractivity contribution in [3.8, 4) is 0 Å². The van der Waals surface area contributed by atoms with Gasteiger partial charge in [0.05, 0.1) is 0 Å². The molecule has 2 heteroatoms. The molecule has 0 amide bonds. The van der Waals surface area contributed by atoms with E-state index in [1.165, 1.54) is 23.7 Å². The zero-order valence-corrected chi connectivity index (χ0v) is 10.7. The molecule has 0 saturated heterocycles. The lowest BCUT2D eigenvalue weighted by Gasteiger charge is -2.14. The molecule has 2 rings (SSSR count). The highest BCUT2D eigenvalue weighted by molar-refractivity contribution is 6.31. The summed E-state index contributed by atoms with van der Waals surface area (Å²) >= 11 is 5.98.